The third-order valence-corrected chi connectivity index (χ3v) is 17.2. The van der Waals surface area contributed by atoms with Crippen LogP contribution >= 0.6 is 11.8 Å². The molecule has 444 valence electrons. The summed E-state index contributed by atoms with van der Waals surface area (Å²) in [7, 11) is -1.15. The van der Waals surface area contributed by atoms with Crippen LogP contribution in [0.25, 0.3) is 0 Å². The van der Waals surface area contributed by atoms with E-state index in [9.17, 15) is 42.0 Å². The van der Waals surface area contributed by atoms with Gasteiger partial charge < -0.3 is 59.9 Å². The number of hydrogen-bond acceptors (Lipinski definition) is 17. The number of nitrogens with zero attached hydrogens (tertiary/aromatic N) is 1. The summed E-state index contributed by atoms with van der Waals surface area (Å²) < 4.78 is 64.9. The molecule has 3 saturated heterocycles. The summed E-state index contributed by atoms with van der Waals surface area (Å²) in [6.45, 7) is 5.88. The summed E-state index contributed by atoms with van der Waals surface area (Å²) in [5.41, 5.74) is 0.621. The minimum Gasteiger partial charge on any atom is -0.493 e. The van der Waals surface area contributed by atoms with E-state index in [1.807, 2.05) is 30.8 Å². The van der Waals surface area contributed by atoms with Crippen molar-refractivity contribution in [2.75, 3.05) is 85.8 Å². The number of unbranched alkanes of at least 4 members (excludes halogenated alkanes) is 1. The average molecular weight is 1170 g/mol. The third kappa shape index (κ3) is 19.3. The Morgan fingerprint density at radius 3 is 2.33 bits per heavy atom. The van der Waals surface area contributed by atoms with Crippen molar-refractivity contribution in [1.82, 2.24) is 31.5 Å². The summed E-state index contributed by atoms with van der Waals surface area (Å²) in [5.74, 6) is -0.690. The number of ketones is 1. The van der Waals surface area contributed by atoms with Gasteiger partial charge in [-0.2, -0.15) is 20.2 Å². The van der Waals surface area contributed by atoms with Crippen LogP contribution in [0.3, 0.4) is 0 Å². The number of piperidine rings is 1. The van der Waals surface area contributed by atoms with Gasteiger partial charge in [0.05, 0.1) is 64.2 Å². The summed E-state index contributed by atoms with van der Waals surface area (Å²) in [6, 6.07) is 16.9. The molecule has 3 aromatic carbocycles. The fraction of sp³-hybridized carbons (Fsp3) is 0.561. The molecular weight excluding hydrogens is 1090 g/mol. The first kappa shape index (κ1) is 63.7. The summed E-state index contributed by atoms with van der Waals surface area (Å²) in [6.07, 6.45) is 5.09. The van der Waals surface area contributed by atoms with Gasteiger partial charge in [0.15, 0.2) is 18.1 Å². The number of Topliss-reactive ketones (excluding diaryl/α,β-unsaturated/α-hetero) is 1. The van der Waals surface area contributed by atoms with Gasteiger partial charge in [-0.1, -0.05) is 51.5 Å². The van der Waals surface area contributed by atoms with E-state index in [0.29, 0.717) is 79.6 Å². The van der Waals surface area contributed by atoms with Gasteiger partial charge >= 0.3 is 12.0 Å². The van der Waals surface area contributed by atoms with E-state index in [4.69, 9.17) is 32.6 Å². The highest BCUT2D eigenvalue weighted by Gasteiger charge is 2.43. The van der Waals surface area contributed by atoms with Crippen molar-refractivity contribution in [2.45, 2.75) is 119 Å². The van der Waals surface area contributed by atoms with Crippen LogP contribution in [0.1, 0.15) is 106 Å². The first-order valence-corrected chi connectivity index (χ1v) is 30.0. The van der Waals surface area contributed by atoms with Crippen LogP contribution in [-0.2, 0) is 58.9 Å². The van der Waals surface area contributed by atoms with Crippen LogP contribution in [-0.4, -0.2) is 164 Å². The second-order valence-corrected chi connectivity index (χ2v) is 23.3. The lowest BCUT2D eigenvalue weighted by Crippen LogP contribution is -2.53. The molecule has 81 heavy (non-hydrogen) atoms. The molecule has 0 aliphatic carbocycles. The number of benzene rings is 3. The fourth-order valence-electron chi connectivity index (χ4n) is 9.34. The van der Waals surface area contributed by atoms with Gasteiger partial charge in [0, 0.05) is 54.6 Å². The highest BCUT2D eigenvalue weighted by atomic mass is 32.2. The van der Waals surface area contributed by atoms with E-state index in [1.165, 1.54) is 36.3 Å². The standard InChI is InChI=1S/C57H78N6O16S2/c1-6-57(2,3)52(66)54(68)63-27-10-9-17-44(63)55(69)79-45(22-20-38-21-23-46(73-4)47(33-38)74-5)39-13-11-15-41(34-39)77-36-50(65)58-24-25-60-53(67)40-14-12-16-42(35-40)81(71,72)78-32-31-76-30-29-75-28-26-59-49(64)19-8-7-18-48-51-43(37-80-48)61-56(70)62-51/h11-16,21,23,33-35,43-45,48,51H,6-10,17-20,22,24-32,36-37H2,1-5H3,(H,58,65)(H,59,64)(H,60,67)(H2,61,62,70)/t43?,44-,45-,48-,51?/m0/s1. The van der Waals surface area contributed by atoms with Crippen LogP contribution in [0, 0.1) is 5.41 Å². The molecule has 3 aliphatic rings. The van der Waals surface area contributed by atoms with Gasteiger partial charge in [-0.05, 0) is 105 Å². The lowest BCUT2D eigenvalue weighted by atomic mass is 9.84. The van der Waals surface area contributed by atoms with E-state index in [1.54, 1.807) is 51.3 Å². The smallest absolute Gasteiger partial charge is 0.329 e. The molecule has 5 atom stereocenters. The fourth-order valence-corrected chi connectivity index (χ4v) is 11.8. The number of aryl methyl sites for hydroxylation is 1. The topological polar surface area (TPSA) is 282 Å². The predicted octanol–water partition coefficient (Wildman–Crippen LogP) is 4.81. The van der Waals surface area contributed by atoms with Gasteiger partial charge in [-0.3, -0.25) is 28.2 Å². The Hall–Kier alpha value is -6.47. The molecule has 0 spiro atoms. The molecule has 5 N–H and O–H groups in total. The second-order valence-electron chi connectivity index (χ2n) is 20.4. The Morgan fingerprint density at radius 1 is 0.815 bits per heavy atom. The number of likely N-dealkylation sites (tertiary alicyclic amines) is 1. The van der Waals surface area contributed by atoms with E-state index in [2.05, 4.69) is 26.6 Å². The quantitative estimate of drug-likeness (QED) is 0.0176. The van der Waals surface area contributed by atoms with E-state index >= 15 is 0 Å². The molecule has 0 bridgehead atoms. The molecule has 0 aromatic heterocycles. The van der Waals surface area contributed by atoms with Crippen molar-refractivity contribution in [1.29, 1.82) is 0 Å². The van der Waals surface area contributed by atoms with Gasteiger partial charge in [0.2, 0.25) is 11.7 Å². The normalized spacial score (nSPS) is 18.1. The van der Waals surface area contributed by atoms with Crippen LogP contribution in [0.15, 0.2) is 71.6 Å². The van der Waals surface area contributed by atoms with E-state index in [-0.39, 0.29) is 93.8 Å². The Kier molecular flexibility index (Phi) is 24.9. The number of hydrogen-bond donors (Lipinski definition) is 5. The van der Waals surface area contributed by atoms with Gasteiger partial charge in [0.25, 0.3) is 27.8 Å². The largest absolute Gasteiger partial charge is 0.493 e. The van der Waals surface area contributed by atoms with Gasteiger partial charge in [0.1, 0.15) is 17.9 Å². The van der Waals surface area contributed by atoms with Crippen LogP contribution in [0.4, 0.5) is 4.79 Å². The number of fused-ring (bicyclic) bond motifs is 1. The average Bonchev–Trinajstić information content (AvgIpc) is 4.07. The maximum absolute atomic E-state index is 14.1. The molecule has 0 radical (unpaired) electrons. The monoisotopic (exact) mass is 1170 g/mol. The number of thioether (sulfide) groups is 1. The number of methoxy groups -OCH3 is 2. The Labute approximate surface area is 478 Å². The lowest BCUT2D eigenvalue weighted by Gasteiger charge is -2.36. The number of urea groups is 1. The number of amides is 6. The number of ether oxygens (including phenoxy) is 6. The number of esters is 1. The maximum atomic E-state index is 14.1. The highest BCUT2D eigenvalue weighted by Crippen LogP contribution is 2.35. The zero-order valence-electron chi connectivity index (χ0n) is 46.9. The van der Waals surface area contributed by atoms with Crippen molar-refractivity contribution < 1.29 is 74.6 Å². The number of rotatable bonds is 34. The minimum absolute atomic E-state index is 0.00816. The maximum Gasteiger partial charge on any atom is 0.329 e. The molecular formula is C57H78N6O16S2. The third-order valence-electron chi connectivity index (χ3n) is 14.3. The summed E-state index contributed by atoms with van der Waals surface area (Å²) >= 11 is 1.85. The molecule has 0 saturated carbocycles. The van der Waals surface area contributed by atoms with Crippen molar-refractivity contribution in [3.8, 4) is 17.2 Å². The summed E-state index contributed by atoms with van der Waals surface area (Å²) in [5, 5.41) is 14.4. The SMILES string of the molecule is CCC(C)(C)C(=O)C(=O)N1CCCC[C@H]1C(=O)O[C@@H](CCc1ccc(OC)c(OC)c1)c1cccc(OCC(=O)NCCNC(=O)c2cccc(S(=O)(=O)OCCOCCOCCNC(=O)CCCC[C@@H]3SCC4NC(=O)NC43)c2)c1. The molecule has 6 amide bonds. The molecule has 22 nitrogen and oxygen atoms in total. The first-order valence-electron chi connectivity index (χ1n) is 27.6. The highest BCUT2D eigenvalue weighted by molar-refractivity contribution is 8.00. The van der Waals surface area contributed by atoms with Crippen molar-refractivity contribution in [2.24, 2.45) is 5.41 Å². The Morgan fingerprint density at radius 2 is 1.56 bits per heavy atom. The number of nitrogens with one attached hydrogen (secondary N) is 5. The Bertz CT molecular complexity index is 2750. The van der Waals surface area contributed by atoms with Crippen molar-refractivity contribution in [3.63, 3.8) is 0 Å². The van der Waals surface area contributed by atoms with E-state index in [0.717, 1.165) is 30.6 Å². The van der Waals surface area contributed by atoms with E-state index < -0.39 is 57.2 Å². The molecule has 3 aliphatic heterocycles. The number of carbonyl (C=O) groups excluding carboxylic acids is 7. The lowest BCUT2D eigenvalue weighted by molar-refractivity contribution is -0.164. The minimum atomic E-state index is -4.24. The molecule has 3 fully saturated rings. The van der Waals surface area contributed by atoms with Gasteiger partial charge in [-0.25, -0.2) is 9.59 Å². The summed E-state index contributed by atoms with van der Waals surface area (Å²) in [4.78, 5) is 91.7. The second kappa shape index (κ2) is 31.7. The number of carbonyl (C=O) groups is 7. The molecule has 2 unspecified atom stereocenters. The van der Waals surface area contributed by atoms with Crippen LogP contribution < -0.4 is 40.8 Å². The van der Waals surface area contributed by atoms with Crippen LogP contribution in [0.5, 0.6) is 17.2 Å². The predicted molar refractivity (Wildman–Crippen MR) is 301 cm³/mol. The van der Waals surface area contributed by atoms with Crippen molar-refractivity contribution >= 4 is 63.3 Å². The molecule has 3 aromatic rings. The molecule has 6 rings (SSSR count). The molecule has 24 heteroatoms. The van der Waals surface area contributed by atoms with Crippen molar-refractivity contribution in [3.05, 3.63) is 83.4 Å². The molecule has 3 heterocycles. The zero-order valence-corrected chi connectivity index (χ0v) is 48.5. The van der Waals surface area contributed by atoms with Gasteiger partial charge in [-0.15, -0.1) is 0 Å². The Balaban J connectivity index is 0.883. The first-order chi connectivity index (χ1) is 38.9. The zero-order chi connectivity index (χ0) is 58.4. The van der Waals surface area contributed by atoms with Crippen LogP contribution in [0.2, 0.25) is 0 Å².